The van der Waals surface area contributed by atoms with Gasteiger partial charge in [-0.15, -0.1) is 0 Å². The number of hydrogen-bond donors (Lipinski definition) is 1. The molecule has 190 valence electrons. The van der Waals surface area contributed by atoms with Crippen molar-refractivity contribution in [1.82, 2.24) is 5.32 Å². The molecule has 0 aliphatic heterocycles. The van der Waals surface area contributed by atoms with E-state index in [0.717, 1.165) is 49.2 Å². The van der Waals surface area contributed by atoms with Gasteiger partial charge in [0.05, 0.1) is 20.1 Å². The maximum atomic E-state index is 12.1. The van der Waals surface area contributed by atoms with Crippen LogP contribution in [0.25, 0.3) is 0 Å². The largest absolute Gasteiger partial charge is 0.494 e. The van der Waals surface area contributed by atoms with Crippen molar-refractivity contribution in [1.29, 1.82) is 0 Å². The van der Waals surface area contributed by atoms with Crippen molar-refractivity contribution in [2.45, 2.75) is 45.1 Å². The second kappa shape index (κ2) is 15.2. The minimum Gasteiger partial charge on any atom is -0.494 e. The van der Waals surface area contributed by atoms with E-state index < -0.39 is 0 Å². The van der Waals surface area contributed by atoms with Crippen molar-refractivity contribution >= 4 is 11.9 Å². The first-order valence-electron chi connectivity index (χ1n) is 12.5. The van der Waals surface area contributed by atoms with E-state index in [-0.39, 0.29) is 24.8 Å². The van der Waals surface area contributed by atoms with Crippen molar-refractivity contribution in [2.75, 3.05) is 20.3 Å². The topological polar surface area (TPSA) is 73.9 Å². The Balaban J connectivity index is 1.23. The number of aryl methyl sites for hydroxylation is 1. The van der Waals surface area contributed by atoms with Gasteiger partial charge in [0.15, 0.2) is 0 Å². The van der Waals surface area contributed by atoms with Gasteiger partial charge in [-0.1, -0.05) is 55.3 Å². The number of esters is 1. The third-order valence-electron chi connectivity index (χ3n) is 5.76. The number of amides is 1. The number of nitrogens with one attached hydrogen (secondary N) is 1. The van der Waals surface area contributed by atoms with Crippen molar-refractivity contribution in [2.24, 2.45) is 0 Å². The third kappa shape index (κ3) is 9.82. The van der Waals surface area contributed by atoms with Crippen molar-refractivity contribution in [3.05, 3.63) is 95.6 Å². The molecule has 3 rings (SSSR count). The normalized spacial score (nSPS) is 10.5. The number of ether oxygens (including phenoxy) is 3. The first-order valence-corrected chi connectivity index (χ1v) is 12.5. The molecule has 0 fully saturated rings. The zero-order valence-corrected chi connectivity index (χ0v) is 20.9. The summed E-state index contributed by atoms with van der Waals surface area (Å²) in [6.07, 6.45) is 5.50. The predicted molar refractivity (Wildman–Crippen MR) is 140 cm³/mol. The second-order valence-electron chi connectivity index (χ2n) is 8.54. The molecule has 0 aromatic heterocycles. The van der Waals surface area contributed by atoms with Gasteiger partial charge >= 0.3 is 5.97 Å². The molecule has 0 saturated heterocycles. The molecule has 6 heteroatoms. The fourth-order valence-electron chi connectivity index (χ4n) is 3.65. The van der Waals surface area contributed by atoms with Crippen LogP contribution < -0.4 is 14.8 Å². The molecule has 0 unspecified atom stereocenters. The van der Waals surface area contributed by atoms with E-state index in [1.54, 1.807) is 0 Å². The number of carbonyl (C=O) groups is 2. The fraction of sp³-hybridized carbons (Fsp3) is 0.333. The number of hydrogen-bond acceptors (Lipinski definition) is 5. The summed E-state index contributed by atoms with van der Waals surface area (Å²) in [6.45, 7) is 1.52. The van der Waals surface area contributed by atoms with Crippen LogP contribution in [0.5, 0.6) is 11.5 Å². The Morgan fingerprint density at radius 1 is 0.722 bits per heavy atom. The number of carbonyl (C=O) groups excluding carboxylic acids is 2. The highest BCUT2D eigenvalue weighted by Crippen LogP contribution is 2.19. The lowest BCUT2D eigenvalue weighted by molar-refractivity contribution is -0.140. The van der Waals surface area contributed by atoms with Crippen LogP contribution in [0.4, 0.5) is 0 Å². The Morgan fingerprint density at radius 3 is 2.08 bits per heavy atom. The van der Waals surface area contributed by atoms with Crippen LogP contribution in [0.15, 0.2) is 78.9 Å². The summed E-state index contributed by atoms with van der Waals surface area (Å²) >= 11 is 0. The van der Waals surface area contributed by atoms with Crippen LogP contribution in [0.3, 0.4) is 0 Å². The average Bonchev–Trinajstić information content (AvgIpc) is 2.92. The minimum absolute atomic E-state index is 0.168. The van der Waals surface area contributed by atoms with Crippen LogP contribution in [-0.2, 0) is 22.6 Å². The molecule has 0 aliphatic rings. The van der Waals surface area contributed by atoms with E-state index in [4.69, 9.17) is 9.47 Å². The van der Waals surface area contributed by atoms with Crippen LogP contribution in [-0.4, -0.2) is 32.1 Å². The van der Waals surface area contributed by atoms with Crippen LogP contribution >= 0.6 is 0 Å². The first kappa shape index (κ1) is 26.8. The highest BCUT2D eigenvalue weighted by Gasteiger charge is 2.07. The summed E-state index contributed by atoms with van der Waals surface area (Å²) in [5.74, 6) is 1.17. The molecule has 0 spiro atoms. The lowest BCUT2D eigenvalue weighted by Gasteiger charge is -2.09. The maximum absolute atomic E-state index is 12.1. The van der Waals surface area contributed by atoms with Gasteiger partial charge in [-0.3, -0.25) is 9.59 Å². The molecule has 0 aliphatic carbocycles. The number of methoxy groups -OCH3 is 1. The van der Waals surface area contributed by atoms with Gasteiger partial charge in [-0.05, 0) is 66.8 Å². The van der Waals surface area contributed by atoms with E-state index in [9.17, 15) is 9.59 Å². The van der Waals surface area contributed by atoms with Gasteiger partial charge in [0.25, 0.3) is 5.91 Å². The van der Waals surface area contributed by atoms with Gasteiger partial charge < -0.3 is 19.5 Å². The molecule has 0 saturated carbocycles. The van der Waals surface area contributed by atoms with Gasteiger partial charge in [-0.2, -0.15) is 0 Å². The lowest BCUT2D eigenvalue weighted by Crippen LogP contribution is -2.26. The molecule has 3 aromatic carbocycles. The Labute approximate surface area is 213 Å². The van der Waals surface area contributed by atoms with Crippen LogP contribution in [0.1, 0.15) is 53.6 Å². The average molecular weight is 490 g/mol. The van der Waals surface area contributed by atoms with Crippen molar-refractivity contribution in [3.8, 4) is 11.5 Å². The highest BCUT2D eigenvalue weighted by atomic mass is 16.5. The van der Waals surface area contributed by atoms with E-state index in [1.807, 2.05) is 78.9 Å². The van der Waals surface area contributed by atoms with E-state index in [1.165, 1.54) is 12.7 Å². The lowest BCUT2D eigenvalue weighted by atomic mass is 10.0. The highest BCUT2D eigenvalue weighted by molar-refractivity contribution is 5.94. The smallest absolute Gasteiger partial charge is 0.307 e. The minimum atomic E-state index is -0.337. The Kier molecular flexibility index (Phi) is 11.4. The molecule has 0 radical (unpaired) electrons. The Hall–Kier alpha value is -3.80. The summed E-state index contributed by atoms with van der Waals surface area (Å²) < 4.78 is 16.2. The second-order valence-corrected chi connectivity index (χ2v) is 8.54. The zero-order chi connectivity index (χ0) is 25.4. The molecule has 0 heterocycles. The summed E-state index contributed by atoms with van der Waals surface area (Å²) in [7, 11) is 1.33. The Bertz CT molecular complexity index is 1050. The van der Waals surface area contributed by atoms with Gasteiger partial charge in [0.2, 0.25) is 0 Å². The Morgan fingerprint density at radius 2 is 1.39 bits per heavy atom. The van der Waals surface area contributed by atoms with Crippen molar-refractivity contribution in [3.63, 3.8) is 0 Å². The van der Waals surface area contributed by atoms with E-state index in [0.29, 0.717) is 18.8 Å². The number of benzene rings is 3. The van der Waals surface area contributed by atoms with E-state index in [2.05, 4.69) is 10.1 Å². The summed E-state index contributed by atoms with van der Waals surface area (Å²) in [4.78, 5) is 23.2. The molecule has 36 heavy (non-hydrogen) atoms. The molecule has 1 N–H and O–H groups in total. The summed E-state index contributed by atoms with van der Waals surface area (Å²) in [5.41, 5.74) is 2.95. The molecule has 1 amide bonds. The zero-order valence-electron chi connectivity index (χ0n) is 20.9. The van der Waals surface area contributed by atoms with Gasteiger partial charge in [-0.25, -0.2) is 0 Å². The van der Waals surface area contributed by atoms with E-state index >= 15 is 0 Å². The predicted octanol–water partition coefficient (Wildman–Crippen LogP) is 5.74. The fourth-order valence-corrected chi connectivity index (χ4v) is 3.65. The first-order chi connectivity index (χ1) is 17.6. The number of unbranched alkanes of at least 4 members (excludes halogenated alkanes) is 3. The molecule has 0 bridgehead atoms. The SMILES string of the molecule is COC(=O)CCNC(=O)c1ccc(CCCCCCOc2ccc(OCc3ccccc3)cc2)cc1. The summed E-state index contributed by atoms with van der Waals surface area (Å²) in [6, 6.07) is 25.5. The standard InChI is InChI=1S/C30H35NO5/c1-34-29(32)20-21-31-30(33)26-14-12-24(13-15-26)9-5-2-3-8-22-35-27-16-18-28(19-17-27)36-23-25-10-6-4-7-11-25/h4,6-7,10-19H,2-3,5,8-9,20-23H2,1H3,(H,31,33). The van der Waals surface area contributed by atoms with Crippen LogP contribution in [0, 0.1) is 0 Å². The molecular formula is C30H35NO5. The van der Waals surface area contributed by atoms with Crippen molar-refractivity contribution < 1.29 is 23.8 Å². The molecular weight excluding hydrogens is 454 g/mol. The quantitative estimate of drug-likeness (QED) is 0.218. The van der Waals surface area contributed by atoms with Gasteiger partial charge in [0.1, 0.15) is 18.1 Å². The molecule has 0 atom stereocenters. The van der Waals surface area contributed by atoms with Crippen LogP contribution in [0.2, 0.25) is 0 Å². The maximum Gasteiger partial charge on any atom is 0.307 e. The molecule has 3 aromatic rings. The summed E-state index contributed by atoms with van der Waals surface area (Å²) in [5, 5.41) is 2.72. The van der Waals surface area contributed by atoms with Gasteiger partial charge in [0, 0.05) is 12.1 Å². The number of rotatable bonds is 15. The molecule has 6 nitrogen and oxygen atoms in total. The monoisotopic (exact) mass is 489 g/mol. The third-order valence-corrected chi connectivity index (χ3v) is 5.76.